The summed E-state index contributed by atoms with van der Waals surface area (Å²) >= 11 is 0. The number of amides is 1. The van der Waals surface area contributed by atoms with Crippen molar-refractivity contribution in [3.8, 4) is 0 Å². The van der Waals surface area contributed by atoms with Crippen LogP contribution >= 0.6 is 0 Å². The summed E-state index contributed by atoms with van der Waals surface area (Å²) in [5.74, 6) is -0.304. The molecule has 1 aliphatic heterocycles. The molecule has 0 aromatic rings. The SMILES string of the molecule is CC(CO)(CO)NC(=O)C1CCC(CN)O1. The van der Waals surface area contributed by atoms with Crippen LogP contribution in [-0.4, -0.2) is 53.6 Å². The van der Waals surface area contributed by atoms with E-state index in [-0.39, 0.29) is 25.2 Å². The Hall–Kier alpha value is -0.690. The van der Waals surface area contributed by atoms with Gasteiger partial charge in [-0.05, 0) is 19.8 Å². The molecule has 0 radical (unpaired) electrons. The fraction of sp³-hybridized carbons (Fsp3) is 0.900. The van der Waals surface area contributed by atoms with Crippen molar-refractivity contribution in [3.63, 3.8) is 0 Å². The highest BCUT2D eigenvalue weighted by Crippen LogP contribution is 2.19. The van der Waals surface area contributed by atoms with E-state index in [0.717, 1.165) is 6.42 Å². The largest absolute Gasteiger partial charge is 0.394 e. The molecule has 0 bridgehead atoms. The first-order valence-corrected chi connectivity index (χ1v) is 5.44. The van der Waals surface area contributed by atoms with Gasteiger partial charge in [0.2, 0.25) is 5.91 Å². The van der Waals surface area contributed by atoms with Crippen LogP contribution in [0.4, 0.5) is 0 Å². The quantitative estimate of drug-likeness (QED) is 0.455. The first-order chi connectivity index (χ1) is 7.54. The molecular weight excluding hydrogens is 212 g/mol. The smallest absolute Gasteiger partial charge is 0.249 e. The lowest BCUT2D eigenvalue weighted by molar-refractivity contribution is -0.134. The third kappa shape index (κ3) is 3.15. The second-order valence-electron chi connectivity index (χ2n) is 4.43. The van der Waals surface area contributed by atoms with Crippen molar-refractivity contribution >= 4 is 5.91 Å². The van der Waals surface area contributed by atoms with E-state index in [2.05, 4.69) is 5.32 Å². The highest BCUT2D eigenvalue weighted by molar-refractivity contribution is 5.81. The van der Waals surface area contributed by atoms with Gasteiger partial charge in [0.15, 0.2) is 0 Å². The van der Waals surface area contributed by atoms with Gasteiger partial charge in [0.1, 0.15) is 6.10 Å². The Morgan fingerprint density at radius 1 is 1.50 bits per heavy atom. The molecule has 1 aliphatic rings. The van der Waals surface area contributed by atoms with Crippen LogP contribution in [0, 0.1) is 0 Å². The number of nitrogens with two attached hydrogens (primary N) is 1. The maximum atomic E-state index is 11.7. The summed E-state index contributed by atoms with van der Waals surface area (Å²) in [6.07, 6.45) is 0.806. The number of rotatable bonds is 5. The van der Waals surface area contributed by atoms with Crippen LogP contribution in [-0.2, 0) is 9.53 Å². The Bertz CT molecular complexity index is 243. The molecule has 16 heavy (non-hydrogen) atoms. The van der Waals surface area contributed by atoms with Gasteiger partial charge < -0.3 is 26.0 Å². The molecule has 2 unspecified atom stereocenters. The number of hydrogen-bond acceptors (Lipinski definition) is 5. The summed E-state index contributed by atoms with van der Waals surface area (Å²) in [7, 11) is 0. The molecule has 5 N–H and O–H groups in total. The number of carbonyl (C=O) groups excluding carboxylic acids is 1. The molecule has 6 heteroatoms. The lowest BCUT2D eigenvalue weighted by Gasteiger charge is -2.27. The van der Waals surface area contributed by atoms with Crippen LogP contribution < -0.4 is 11.1 Å². The average molecular weight is 232 g/mol. The van der Waals surface area contributed by atoms with Gasteiger partial charge >= 0.3 is 0 Å². The van der Waals surface area contributed by atoms with Crippen LogP contribution in [0.1, 0.15) is 19.8 Å². The Balaban J connectivity index is 2.47. The molecule has 0 aromatic heterocycles. The van der Waals surface area contributed by atoms with Crippen LogP contribution in [0.5, 0.6) is 0 Å². The van der Waals surface area contributed by atoms with Crippen molar-refractivity contribution in [1.29, 1.82) is 0 Å². The van der Waals surface area contributed by atoms with E-state index in [1.807, 2.05) is 0 Å². The van der Waals surface area contributed by atoms with Gasteiger partial charge in [-0.1, -0.05) is 0 Å². The lowest BCUT2D eigenvalue weighted by atomic mass is 10.0. The zero-order valence-electron chi connectivity index (χ0n) is 9.48. The predicted molar refractivity (Wildman–Crippen MR) is 57.7 cm³/mol. The van der Waals surface area contributed by atoms with Gasteiger partial charge in [0, 0.05) is 6.54 Å². The molecule has 0 aliphatic carbocycles. The zero-order chi connectivity index (χ0) is 12.2. The summed E-state index contributed by atoms with van der Waals surface area (Å²) in [4.78, 5) is 11.7. The van der Waals surface area contributed by atoms with Crippen LogP contribution in [0.3, 0.4) is 0 Å². The second kappa shape index (κ2) is 5.58. The maximum absolute atomic E-state index is 11.7. The molecule has 6 nitrogen and oxygen atoms in total. The molecular formula is C10H20N2O4. The van der Waals surface area contributed by atoms with Gasteiger partial charge in [0.05, 0.1) is 24.9 Å². The third-order valence-electron chi connectivity index (χ3n) is 2.79. The number of hydrogen-bond donors (Lipinski definition) is 4. The van der Waals surface area contributed by atoms with Gasteiger partial charge in [-0.15, -0.1) is 0 Å². The van der Waals surface area contributed by atoms with Crippen LogP contribution in [0.15, 0.2) is 0 Å². The summed E-state index contributed by atoms with van der Waals surface area (Å²) < 4.78 is 5.41. The molecule has 1 rings (SSSR count). The van der Waals surface area contributed by atoms with Crippen molar-refractivity contribution in [2.75, 3.05) is 19.8 Å². The van der Waals surface area contributed by atoms with Crippen molar-refractivity contribution in [3.05, 3.63) is 0 Å². The number of aliphatic hydroxyl groups is 2. The van der Waals surface area contributed by atoms with E-state index in [0.29, 0.717) is 13.0 Å². The predicted octanol–water partition coefficient (Wildman–Crippen LogP) is -1.65. The molecule has 0 saturated carbocycles. The Labute approximate surface area is 94.8 Å². The Kier molecular flexibility index (Phi) is 4.67. The first-order valence-electron chi connectivity index (χ1n) is 5.44. The van der Waals surface area contributed by atoms with Crippen LogP contribution in [0.2, 0.25) is 0 Å². The Morgan fingerprint density at radius 3 is 2.56 bits per heavy atom. The van der Waals surface area contributed by atoms with Crippen molar-refractivity contribution in [2.45, 2.75) is 37.5 Å². The maximum Gasteiger partial charge on any atom is 0.249 e. The van der Waals surface area contributed by atoms with E-state index >= 15 is 0 Å². The monoisotopic (exact) mass is 232 g/mol. The highest BCUT2D eigenvalue weighted by atomic mass is 16.5. The summed E-state index contributed by atoms with van der Waals surface area (Å²) in [5, 5.41) is 20.7. The number of carbonyl (C=O) groups is 1. The molecule has 1 fully saturated rings. The topological polar surface area (TPSA) is 105 Å². The van der Waals surface area contributed by atoms with Gasteiger partial charge in [-0.25, -0.2) is 0 Å². The van der Waals surface area contributed by atoms with Crippen molar-refractivity contribution in [2.24, 2.45) is 5.73 Å². The van der Waals surface area contributed by atoms with Gasteiger partial charge in [0.25, 0.3) is 0 Å². The molecule has 1 saturated heterocycles. The molecule has 1 heterocycles. The fourth-order valence-corrected chi connectivity index (χ4v) is 1.58. The van der Waals surface area contributed by atoms with E-state index in [1.165, 1.54) is 0 Å². The number of nitrogens with one attached hydrogen (secondary N) is 1. The second-order valence-corrected chi connectivity index (χ2v) is 4.43. The first kappa shape index (κ1) is 13.4. The summed E-state index contributed by atoms with van der Waals surface area (Å²) in [6, 6.07) is 0. The molecule has 94 valence electrons. The number of ether oxygens (including phenoxy) is 1. The summed E-state index contributed by atoms with van der Waals surface area (Å²) in [5.41, 5.74) is 4.44. The number of aliphatic hydroxyl groups excluding tert-OH is 2. The summed E-state index contributed by atoms with van der Waals surface area (Å²) in [6.45, 7) is 1.34. The minimum absolute atomic E-state index is 0.0646. The van der Waals surface area contributed by atoms with Crippen LogP contribution in [0.25, 0.3) is 0 Å². The lowest BCUT2D eigenvalue weighted by Crippen LogP contribution is -2.54. The standard InChI is InChI=1S/C10H20N2O4/c1-10(5-13,6-14)12-9(15)8-3-2-7(4-11)16-8/h7-8,13-14H,2-6,11H2,1H3,(H,12,15). The normalized spacial score (nSPS) is 25.8. The van der Waals surface area contributed by atoms with E-state index in [4.69, 9.17) is 20.7 Å². The minimum Gasteiger partial charge on any atom is -0.394 e. The Morgan fingerprint density at radius 2 is 2.12 bits per heavy atom. The highest BCUT2D eigenvalue weighted by Gasteiger charge is 2.33. The molecule has 2 atom stereocenters. The van der Waals surface area contributed by atoms with E-state index in [1.54, 1.807) is 6.92 Å². The minimum atomic E-state index is -0.999. The third-order valence-corrected chi connectivity index (χ3v) is 2.79. The van der Waals surface area contributed by atoms with Gasteiger partial charge in [-0.2, -0.15) is 0 Å². The van der Waals surface area contributed by atoms with Gasteiger partial charge in [-0.3, -0.25) is 4.79 Å². The molecule has 1 amide bonds. The van der Waals surface area contributed by atoms with E-state index < -0.39 is 11.6 Å². The molecule has 0 aromatic carbocycles. The molecule has 0 spiro atoms. The van der Waals surface area contributed by atoms with Crippen molar-refractivity contribution < 1.29 is 19.7 Å². The average Bonchev–Trinajstić information content (AvgIpc) is 2.77. The zero-order valence-corrected chi connectivity index (χ0v) is 9.48. The van der Waals surface area contributed by atoms with E-state index in [9.17, 15) is 4.79 Å². The van der Waals surface area contributed by atoms with Crippen molar-refractivity contribution in [1.82, 2.24) is 5.32 Å². The fourth-order valence-electron chi connectivity index (χ4n) is 1.58.